The van der Waals surface area contributed by atoms with E-state index in [1.807, 2.05) is 0 Å². The van der Waals surface area contributed by atoms with Gasteiger partial charge in [-0.1, -0.05) is 17.7 Å². The van der Waals surface area contributed by atoms with Crippen molar-refractivity contribution in [3.8, 4) is 16.9 Å². The fourth-order valence-corrected chi connectivity index (χ4v) is 2.08. The molecule has 0 saturated heterocycles. The number of ether oxygens (including phenoxy) is 1. The molecule has 0 spiro atoms. The number of hydrogen-bond acceptors (Lipinski definition) is 4. The molecule has 0 fully saturated rings. The molecule has 0 amide bonds. The summed E-state index contributed by atoms with van der Waals surface area (Å²) in [7, 11) is 1.44. The number of nitrogens with zero attached hydrogens (tertiary/aromatic N) is 1. The second-order valence-corrected chi connectivity index (χ2v) is 4.55. The summed E-state index contributed by atoms with van der Waals surface area (Å²) < 4.78 is 5.07. The summed E-state index contributed by atoms with van der Waals surface area (Å²) in [5, 5.41) is 20.4. The second-order valence-electron chi connectivity index (χ2n) is 4.14. The Hall–Kier alpha value is -2.60. The van der Waals surface area contributed by atoms with Crippen molar-refractivity contribution in [2.24, 2.45) is 0 Å². The van der Waals surface area contributed by atoms with Crippen LogP contribution in [0.1, 0.15) is 10.4 Å². The van der Waals surface area contributed by atoms with Crippen molar-refractivity contribution in [3.05, 3.63) is 57.1 Å². The quantitative estimate of drug-likeness (QED) is 0.688. The molecule has 0 heterocycles. The van der Waals surface area contributed by atoms with Crippen molar-refractivity contribution < 1.29 is 19.6 Å². The van der Waals surface area contributed by atoms with Gasteiger partial charge in [0.05, 0.1) is 28.2 Å². The van der Waals surface area contributed by atoms with Crippen molar-refractivity contribution in [1.29, 1.82) is 0 Å². The third-order valence-electron chi connectivity index (χ3n) is 2.90. The molecule has 108 valence electrons. The molecular weight excluding hydrogens is 298 g/mol. The number of carboxylic acids is 1. The summed E-state index contributed by atoms with van der Waals surface area (Å²) in [6, 6.07) is 8.46. The zero-order valence-electron chi connectivity index (χ0n) is 10.9. The van der Waals surface area contributed by atoms with Crippen LogP contribution in [0, 0.1) is 10.1 Å². The number of hydrogen-bond donors (Lipinski definition) is 1. The number of halogens is 1. The Morgan fingerprint density at radius 1 is 1.29 bits per heavy atom. The van der Waals surface area contributed by atoms with Crippen LogP contribution in [-0.2, 0) is 0 Å². The van der Waals surface area contributed by atoms with Gasteiger partial charge in [-0.25, -0.2) is 4.79 Å². The molecule has 0 saturated carbocycles. The number of aromatic carboxylic acids is 1. The highest BCUT2D eigenvalue weighted by atomic mass is 35.5. The lowest BCUT2D eigenvalue weighted by Gasteiger charge is -2.08. The molecule has 0 aliphatic rings. The smallest absolute Gasteiger partial charge is 0.335 e. The van der Waals surface area contributed by atoms with Crippen LogP contribution in [0.5, 0.6) is 5.75 Å². The van der Waals surface area contributed by atoms with E-state index in [0.29, 0.717) is 21.9 Å². The van der Waals surface area contributed by atoms with Gasteiger partial charge in [0.1, 0.15) is 5.75 Å². The van der Waals surface area contributed by atoms with Gasteiger partial charge < -0.3 is 9.84 Å². The molecule has 21 heavy (non-hydrogen) atoms. The fourth-order valence-electron chi connectivity index (χ4n) is 1.89. The number of carboxylic acid groups (broad SMARTS) is 1. The minimum Gasteiger partial charge on any atom is -0.495 e. The van der Waals surface area contributed by atoms with Crippen molar-refractivity contribution in [1.82, 2.24) is 0 Å². The first-order valence-electron chi connectivity index (χ1n) is 5.79. The van der Waals surface area contributed by atoms with Gasteiger partial charge >= 0.3 is 5.97 Å². The minimum atomic E-state index is -1.22. The van der Waals surface area contributed by atoms with E-state index in [9.17, 15) is 14.9 Å². The zero-order valence-corrected chi connectivity index (χ0v) is 11.6. The number of methoxy groups -OCH3 is 1. The molecule has 1 N–H and O–H groups in total. The molecule has 0 radical (unpaired) electrons. The molecule has 0 aliphatic heterocycles. The molecule has 7 heteroatoms. The van der Waals surface area contributed by atoms with E-state index >= 15 is 0 Å². The number of nitro groups is 1. The van der Waals surface area contributed by atoms with Gasteiger partial charge in [0.15, 0.2) is 0 Å². The van der Waals surface area contributed by atoms with E-state index in [0.717, 1.165) is 6.07 Å². The lowest BCUT2D eigenvalue weighted by Crippen LogP contribution is -1.99. The molecule has 0 unspecified atom stereocenters. The minimum absolute atomic E-state index is 0.147. The summed E-state index contributed by atoms with van der Waals surface area (Å²) in [4.78, 5) is 21.4. The SMILES string of the molecule is COc1cc(-c2ccc(C(=O)O)cc2[N+](=O)[O-])ccc1Cl. The number of benzene rings is 2. The largest absolute Gasteiger partial charge is 0.495 e. The first-order chi connectivity index (χ1) is 9.93. The monoisotopic (exact) mass is 307 g/mol. The Morgan fingerprint density at radius 3 is 2.57 bits per heavy atom. The van der Waals surface area contributed by atoms with E-state index in [-0.39, 0.29) is 11.3 Å². The van der Waals surface area contributed by atoms with E-state index in [1.54, 1.807) is 18.2 Å². The van der Waals surface area contributed by atoms with E-state index in [2.05, 4.69) is 0 Å². The summed E-state index contributed by atoms with van der Waals surface area (Å²) >= 11 is 5.92. The van der Waals surface area contributed by atoms with E-state index in [1.165, 1.54) is 19.2 Å². The first kappa shape index (κ1) is 14.8. The van der Waals surface area contributed by atoms with Crippen LogP contribution in [0.25, 0.3) is 11.1 Å². The standard InChI is InChI=1S/C14H10ClNO5/c1-21-13-7-8(3-5-11(13)15)10-4-2-9(14(17)18)6-12(10)16(19)20/h2-7H,1H3,(H,17,18). The maximum Gasteiger partial charge on any atom is 0.335 e. The predicted octanol–water partition coefficient (Wildman–Crippen LogP) is 3.62. The van der Waals surface area contributed by atoms with Crippen molar-refractivity contribution in [2.45, 2.75) is 0 Å². The van der Waals surface area contributed by atoms with Gasteiger partial charge in [-0.05, 0) is 29.8 Å². The molecule has 0 atom stereocenters. The summed E-state index contributed by atoms with van der Waals surface area (Å²) in [6.07, 6.45) is 0. The van der Waals surface area contributed by atoms with Gasteiger partial charge in [0.25, 0.3) is 5.69 Å². The highest BCUT2D eigenvalue weighted by Gasteiger charge is 2.19. The number of carbonyl (C=O) groups is 1. The van der Waals surface area contributed by atoms with Gasteiger partial charge in [-0.3, -0.25) is 10.1 Å². The van der Waals surface area contributed by atoms with Crippen LogP contribution in [0.4, 0.5) is 5.69 Å². The van der Waals surface area contributed by atoms with Crippen LogP contribution >= 0.6 is 11.6 Å². The van der Waals surface area contributed by atoms with Gasteiger partial charge in [0.2, 0.25) is 0 Å². The molecule has 6 nitrogen and oxygen atoms in total. The first-order valence-corrected chi connectivity index (χ1v) is 6.17. The maximum atomic E-state index is 11.1. The Balaban J connectivity index is 2.63. The van der Waals surface area contributed by atoms with Crippen LogP contribution in [0.2, 0.25) is 5.02 Å². The maximum absolute atomic E-state index is 11.1. The fraction of sp³-hybridized carbons (Fsp3) is 0.0714. The van der Waals surface area contributed by atoms with Crippen LogP contribution < -0.4 is 4.74 Å². The Kier molecular flexibility index (Phi) is 4.09. The Morgan fingerprint density at radius 2 is 2.00 bits per heavy atom. The molecule has 2 aromatic carbocycles. The third kappa shape index (κ3) is 2.95. The molecule has 0 aliphatic carbocycles. The van der Waals surface area contributed by atoms with Crippen molar-refractivity contribution >= 4 is 23.3 Å². The lowest BCUT2D eigenvalue weighted by molar-refractivity contribution is -0.384. The Bertz CT molecular complexity index is 729. The van der Waals surface area contributed by atoms with Crippen LogP contribution in [-0.4, -0.2) is 23.1 Å². The van der Waals surface area contributed by atoms with Crippen LogP contribution in [0.3, 0.4) is 0 Å². The number of rotatable bonds is 4. The van der Waals surface area contributed by atoms with Gasteiger partial charge in [0, 0.05) is 6.07 Å². The molecule has 2 aromatic rings. The Labute approximate surface area is 124 Å². The normalized spacial score (nSPS) is 10.2. The lowest BCUT2D eigenvalue weighted by atomic mass is 10.0. The second kappa shape index (κ2) is 5.80. The highest BCUT2D eigenvalue weighted by molar-refractivity contribution is 6.32. The van der Waals surface area contributed by atoms with Crippen LogP contribution in [0.15, 0.2) is 36.4 Å². The topological polar surface area (TPSA) is 89.7 Å². The molecule has 0 bridgehead atoms. The van der Waals surface area contributed by atoms with E-state index in [4.69, 9.17) is 21.4 Å². The molecule has 2 rings (SSSR count). The van der Waals surface area contributed by atoms with Gasteiger partial charge in [-0.15, -0.1) is 0 Å². The average Bonchev–Trinajstić information content (AvgIpc) is 2.47. The molecular formula is C14H10ClNO5. The van der Waals surface area contributed by atoms with E-state index < -0.39 is 10.9 Å². The highest BCUT2D eigenvalue weighted by Crippen LogP contribution is 2.35. The summed E-state index contributed by atoms with van der Waals surface area (Å²) in [5.41, 5.74) is 0.366. The predicted molar refractivity (Wildman–Crippen MR) is 77.1 cm³/mol. The van der Waals surface area contributed by atoms with Gasteiger partial charge in [-0.2, -0.15) is 0 Å². The van der Waals surface area contributed by atoms with Crippen molar-refractivity contribution in [2.75, 3.05) is 7.11 Å². The number of nitro benzene ring substituents is 1. The summed E-state index contributed by atoms with van der Waals surface area (Å²) in [5.74, 6) is -0.843. The zero-order chi connectivity index (χ0) is 15.6. The summed E-state index contributed by atoms with van der Waals surface area (Å²) in [6.45, 7) is 0. The van der Waals surface area contributed by atoms with Crippen molar-refractivity contribution in [3.63, 3.8) is 0 Å². The average molecular weight is 308 g/mol. The third-order valence-corrected chi connectivity index (χ3v) is 3.22. The molecule has 0 aromatic heterocycles.